The van der Waals surface area contributed by atoms with Gasteiger partial charge in [-0.05, 0) is 32.4 Å². The van der Waals surface area contributed by atoms with E-state index in [0.29, 0.717) is 12.8 Å². The summed E-state index contributed by atoms with van der Waals surface area (Å²) in [7, 11) is 3.03. The summed E-state index contributed by atoms with van der Waals surface area (Å²) in [6, 6.07) is 10.6. The third-order valence-electron chi connectivity index (χ3n) is 4.32. The molecule has 5 heteroatoms. The molecule has 124 valence electrons. The topological polar surface area (TPSA) is 70.4 Å². The third-order valence-corrected chi connectivity index (χ3v) is 4.32. The van der Waals surface area contributed by atoms with E-state index in [2.05, 4.69) is 0 Å². The second-order valence-corrected chi connectivity index (χ2v) is 5.80. The lowest BCUT2D eigenvalue weighted by atomic mass is 9.87. The number of methoxy groups -OCH3 is 1. The molecule has 0 aliphatic heterocycles. The summed E-state index contributed by atoms with van der Waals surface area (Å²) in [5.41, 5.74) is -0.0464. The molecule has 0 aliphatic carbocycles. The Balaban J connectivity index is 3.16. The van der Waals surface area contributed by atoms with E-state index in [1.54, 1.807) is 24.9 Å². The van der Waals surface area contributed by atoms with Crippen molar-refractivity contribution in [3.8, 4) is 6.07 Å². The van der Waals surface area contributed by atoms with E-state index in [1.165, 1.54) is 7.11 Å². The summed E-state index contributed by atoms with van der Waals surface area (Å²) in [5.74, 6) is -0.951. The van der Waals surface area contributed by atoms with Crippen LogP contribution in [0.5, 0.6) is 0 Å². The number of benzene rings is 1. The zero-order valence-corrected chi connectivity index (χ0v) is 14.2. The van der Waals surface area contributed by atoms with Crippen molar-refractivity contribution in [1.29, 1.82) is 5.26 Å². The molecule has 0 spiro atoms. The van der Waals surface area contributed by atoms with E-state index in [-0.39, 0.29) is 0 Å². The van der Waals surface area contributed by atoms with Crippen LogP contribution in [0.15, 0.2) is 30.3 Å². The normalized spacial score (nSPS) is 14.6. The van der Waals surface area contributed by atoms with Crippen LogP contribution >= 0.6 is 0 Å². The predicted molar refractivity (Wildman–Crippen MR) is 87.6 cm³/mol. The number of carbonyl (C=O) groups excluding carboxylic acids is 2. The summed E-state index contributed by atoms with van der Waals surface area (Å²) in [5, 5.41) is 9.07. The van der Waals surface area contributed by atoms with Gasteiger partial charge in [0, 0.05) is 0 Å². The number of ketones is 1. The highest BCUT2D eigenvalue weighted by atomic mass is 16.5. The maximum absolute atomic E-state index is 12.3. The molecule has 1 rings (SSSR count). The Bertz CT molecular complexity index is 580. The van der Waals surface area contributed by atoms with Gasteiger partial charge < -0.3 is 4.74 Å². The second kappa shape index (κ2) is 8.44. The number of hydrogen-bond donors (Lipinski definition) is 0. The van der Waals surface area contributed by atoms with E-state index in [1.807, 2.05) is 37.3 Å². The molecule has 1 aromatic carbocycles. The van der Waals surface area contributed by atoms with E-state index in [9.17, 15) is 9.59 Å². The van der Waals surface area contributed by atoms with Crippen molar-refractivity contribution in [2.24, 2.45) is 0 Å². The van der Waals surface area contributed by atoms with Crippen molar-refractivity contribution in [1.82, 2.24) is 4.90 Å². The van der Waals surface area contributed by atoms with Crippen molar-refractivity contribution >= 4 is 11.8 Å². The number of carbonyl (C=O) groups is 2. The molecule has 5 nitrogen and oxygen atoms in total. The van der Waals surface area contributed by atoms with Gasteiger partial charge in [0.25, 0.3) is 5.78 Å². The first-order valence-corrected chi connectivity index (χ1v) is 7.70. The summed E-state index contributed by atoms with van der Waals surface area (Å²) in [4.78, 5) is 26.1. The van der Waals surface area contributed by atoms with Crippen LogP contribution in [0, 0.1) is 11.3 Å². The summed E-state index contributed by atoms with van der Waals surface area (Å²) < 4.78 is 4.92. The minimum atomic E-state index is -1.02. The van der Waals surface area contributed by atoms with Crippen molar-refractivity contribution in [3.63, 3.8) is 0 Å². The molecule has 0 amide bonds. The molecule has 23 heavy (non-hydrogen) atoms. The number of esters is 1. The van der Waals surface area contributed by atoms with Crippen LogP contribution in [0.2, 0.25) is 0 Å². The summed E-state index contributed by atoms with van der Waals surface area (Å²) in [6.07, 6.45) is 1.65. The standard InChI is InChI=1S/C18H24N2O3/c1-5-11-18(2,16(21)13-19)20(3)15(17(22)23-4)12-14-9-7-6-8-10-14/h6-10,15H,5,11-12H2,1-4H3. The molecular formula is C18H24N2O3. The van der Waals surface area contributed by atoms with Gasteiger partial charge in [-0.2, -0.15) is 5.26 Å². The summed E-state index contributed by atoms with van der Waals surface area (Å²) in [6.45, 7) is 3.66. The number of nitrogens with zero attached hydrogens (tertiary/aromatic N) is 2. The van der Waals surface area contributed by atoms with E-state index in [0.717, 1.165) is 12.0 Å². The zero-order chi connectivity index (χ0) is 17.5. The van der Waals surface area contributed by atoms with Gasteiger partial charge in [0.15, 0.2) is 0 Å². The number of Topliss-reactive ketones (excluding diaryl/α,β-unsaturated/α-hetero) is 1. The van der Waals surface area contributed by atoms with Gasteiger partial charge in [-0.3, -0.25) is 14.5 Å². The molecule has 0 saturated heterocycles. The first-order chi connectivity index (χ1) is 10.9. The fraction of sp³-hybridized carbons (Fsp3) is 0.500. The highest BCUT2D eigenvalue weighted by Crippen LogP contribution is 2.25. The van der Waals surface area contributed by atoms with Crippen LogP contribution in [0.25, 0.3) is 0 Å². The van der Waals surface area contributed by atoms with Crippen molar-refractivity contribution in [2.45, 2.75) is 44.7 Å². The van der Waals surface area contributed by atoms with Gasteiger partial charge in [-0.15, -0.1) is 0 Å². The zero-order valence-electron chi connectivity index (χ0n) is 14.2. The molecule has 0 radical (unpaired) electrons. The van der Waals surface area contributed by atoms with Gasteiger partial charge >= 0.3 is 5.97 Å². The second-order valence-electron chi connectivity index (χ2n) is 5.80. The van der Waals surface area contributed by atoms with Crippen molar-refractivity contribution in [2.75, 3.05) is 14.2 Å². The fourth-order valence-corrected chi connectivity index (χ4v) is 2.75. The lowest BCUT2D eigenvalue weighted by molar-refractivity contribution is -0.150. The molecule has 2 atom stereocenters. The van der Waals surface area contributed by atoms with Crippen LogP contribution in [-0.2, 0) is 20.7 Å². The number of likely N-dealkylation sites (N-methyl/N-ethyl adjacent to an activating group) is 1. The largest absolute Gasteiger partial charge is 0.468 e. The lowest BCUT2D eigenvalue weighted by Crippen LogP contribution is -2.57. The number of rotatable bonds is 8. The first kappa shape index (κ1) is 18.9. The predicted octanol–water partition coefficient (Wildman–Crippen LogP) is 2.35. The molecule has 0 aliphatic rings. The Labute approximate surface area is 137 Å². The van der Waals surface area contributed by atoms with E-state index < -0.39 is 23.3 Å². The van der Waals surface area contributed by atoms with Gasteiger partial charge in [0.05, 0.1) is 12.6 Å². The molecule has 2 unspecified atom stereocenters. The van der Waals surface area contributed by atoms with Crippen LogP contribution < -0.4 is 0 Å². The number of nitriles is 1. The van der Waals surface area contributed by atoms with Gasteiger partial charge in [-0.25, -0.2) is 0 Å². The van der Waals surface area contributed by atoms with Crippen molar-refractivity contribution < 1.29 is 14.3 Å². The molecule has 1 aromatic rings. The van der Waals surface area contributed by atoms with Crippen LogP contribution in [0.4, 0.5) is 0 Å². The maximum Gasteiger partial charge on any atom is 0.323 e. The average Bonchev–Trinajstić information content (AvgIpc) is 2.58. The molecule has 0 fully saturated rings. The number of hydrogen-bond acceptors (Lipinski definition) is 5. The van der Waals surface area contributed by atoms with Crippen molar-refractivity contribution in [3.05, 3.63) is 35.9 Å². The van der Waals surface area contributed by atoms with Gasteiger partial charge in [-0.1, -0.05) is 43.7 Å². The highest BCUT2D eigenvalue weighted by molar-refractivity contribution is 6.01. The quantitative estimate of drug-likeness (QED) is 0.544. The maximum atomic E-state index is 12.3. The minimum absolute atomic E-state index is 0.413. The Kier molecular flexibility index (Phi) is 6.92. The third kappa shape index (κ3) is 4.40. The highest BCUT2D eigenvalue weighted by Gasteiger charge is 2.42. The fourth-order valence-electron chi connectivity index (χ4n) is 2.75. The smallest absolute Gasteiger partial charge is 0.323 e. The van der Waals surface area contributed by atoms with Crippen LogP contribution in [-0.4, -0.2) is 42.4 Å². The number of ether oxygens (including phenoxy) is 1. The average molecular weight is 316 g/mol. The lowest BCUT2D eigenvalue weighted by Gasteiger charge is -2.39. The SMILES string of the molecule is CCCC(C)(C(=O)C#N)N(C)C(Cc1ccccc1)C(=O)OC. The van der Waals surface area contributed by atoms with Crippen LogP contribution in [0.3, 0.4) is 0 Å². The molecule has 0 aromatic heterocycles. The summed E-state index contributed by atoms with van der Waals surface area (Å²) >= 11 is 0. The minimum Gasteiger partial charge on any atom is -0.468 e. The molecule has 0 N–H and O–H groups in total. The molecule has 0 heterocycles. The molecular weight excluding hydrogens is 292 g/mol. The molecule has 0 saturated carbocycles. The van der Waals surface area contributed by atoms with Gasteiger partial charge in [0.2, 0.25) is 0 Å². The Morgan fingerprint density at radius 2 is 1.96 bits per heavy atom. The van der Waals surface area contributed by atoms with Crippen LogP contribution in [0.1, 0.15) is 32.3 Å². The van der Waals surface area contributed by atoms with Gasteiger partial charge in [0.1, 0.15) is 12.1 Å². The Morgan fingerprint density at radius 3 is 2.43 bits per heavy atom. The molecule has 0 bridgehead atoms. The first-order valence-electron chi connectivity index (χ1n) is 7.70. The Hall–Kier alpha value is -2.19. The van der Waals surface area contributed by atoms with E-state index in [4.69, 9.17) is 10.00 Å². The monoisotopic (exact) mass is 316 g/mol. The van der Waals surface area contributed by atoms with E-state index >= 15 is 0 Å². The Morgan fingerprint density at radius 1 is 1.35 bits per heavy atom.